The minimum absolute atomic E-state index is 0.0465. The number of carbonyl (C=O) groups excluding carboxylic acids is 2. The summed E-state index contributed by atoms with van der Waals surface area (Å²) in [4.78, 5) is 27.5. The molecule has 136 valence electrons. The normalized spacial score (nSPS) is 26.6. The molecule has 2 aliphatic heterocycles. The van der Waals surface area contributed by atoms with Gasteiger partial charge < -0.3 is 9.80 Å². The number of hydrogen-bond donors (Lipinski definition) is 0. The predicted octanol–water partition coefficient (Wildman–Crippen LogP) is 1.51. The second kappa shape index (κ2) is 6.96. The summed E-state index contributed by atoms with van der Waals surface area (Å²) in [5, 5.41) is -0.272. The van der Waals surface area contributed by atoms with Gasteiger partial charge in [0.05, 0.1) is 16.9 Å². The Hall–Kier alpha value is -1.60. The average Bonchev–Trinajstić information content (AvgIpc) is 2.81. The van der Waals surface area contributed by atoms with Gasteiger partial charge in [0.25, 0.3) is 0 Å². The number of likely N-dealkylation sites (tertiary alicyclic amines) is 1. The second-order valence-corrected chi connectivity index (χ2v) is 9.38. The van der Waals surface area contributed by atoms with E-state index in [1.807, 2.05) is 0 Å². The molecule has 2 heterocycles. The predicted molar refractivity (Wildman–Crippen MR) is 94.9 cm³/mol. The second-order valence-electron chi connectivity index (χ2n) is 6.67. The van der Waals surface area contributed by atoms with E-state index in [0.717, 1.165) is 0 Å². The van der Waals surface area contributed by atoms with Gasteiger partial charge in [0.15, 0.2) is 9.84 Å². The first-order valence-electron chi connectivity index (χ1n) is 8.28. The Balaban J connectivity index is 1.78. The Morgan fingerprint density at radius 1 is 1.24 bits per heavy atom. The topological polar surface area (TPSA) is 74.8 Å². The van der Waals surface area contributed by atoms with Crippen LogP contribution >= 0.6 is 11.6 Å². The van der Waals surface area contributed by atoms with E-state index in [2.05, 4.69) is 0 Å². The zero-order chi connectivity index (χ0) is 18.2. The fraction of sp³-hybridized carbons (Fsp3) is 0.529. The molecule has 3 rings (SSSR count). The average molecular weight is 385 g/mol. The highest BCUT2D eigenvalue weighted by atomic mass is 35.5. The molecule has 2 amide bonds. The molecule has 0 saturated carbocycles. The SMILES string of the molecule is CN1C[C@H](C(=O)N2CC[C@@H](c3ccccc3Cl)S(=O)(=O)CC2)CC1=O. The van der Waals surface area contributed by atoms with E-state index >= 15 is 0 Å². The largest absolute Gasteiger partial charge is 0.345 e. The number of hydrogen-bond acceptors (Lipinski definition) is 4. The maximum Gasteiger partial charge on any atom is 0.228 e. The van der Waals surface area contributed by atoms with E-state index < -0.39 is 15.1 Å². The molecule has 8 heteroatoms. The number of rotatable bonds is 2. The van der Waals surface area contributed by atoms with Gasteiger partial charge in [-0.05, 0) is 18.1 Å². The number of benzene rings is 1. The summed E-state index contributed by atoms with van der Waals surface area (Å²) in [6.45, 7) is 0.910. The van der Waals surface area contributed by atoms with Crippen molar-refractivity contribution < 1.29 is 18.0 Å². The van der Waals surface area contributed by atoms with E-state index in [1.54, 1.807) is 41.1 Å². The number of halogens is 1. The van der Waals surface area contributed by atoms with Crippen molar-refractivity contribution >= 4 is 33.3 Å². The summed E-state index contributed by atoms with van der Waals surface area (Å²) in [7, 11) is -1.73. The lowest BCUT2D eigenvalue weighted by Crippen LogP contribution is -2.39. The zero-order valence-electron chi connectivity index (χ0n) is 14.0. The quantitative estimate of drug-likeness (QED) is 0.774. The van der Waals surface area contributed by atoms with Crippen molar-refractivity contribution in [3.63, 3.8) is 0 Å². The van der Waals surface area contributed by atoms with Gasteiger partial charge in [-0.3, -0.25) is 9.59 Å². The van der Waals surface area contributed by atoms with Gasteiger partial charge in [0.2, 0.25) is 11.8 Å². The van der Waals surface area contributed by atoms with Gasteiger partial charge in [0, 0.05) is 38.1 Å². The first-order valence-corrected chi connectivity index (χ1v) is 10.4. The third-order valence-electron chi connectivity index (χ3n) is 4.99. The molecule has 6 nitrogen and oxygen atoms in total. The van der Waals surface area contributed by atoms with Crippen LogP contribution in [-0.4, -0.2) is 62.5 Å². The molecule has 0 N–H and O–H groups in total. The molecule has 2 fully saturated rings. The summed E-state index contributed by atoms with van der Waals surface area (Å²) in [6.07, 6.45) is 0.515. The molecule has 0 spiro atoms. The molecule has 0 aromatic heterocycles. The van der Waals surface area contributed by atoms with Gasteiger partial charge >= 0.3 is 0 Å². The van der Waals surface area contributed by atoms with Gasteiger partial charge in [-0.25, -0.2) is 8.42 Å². The summed E-state index contributed by atoms with van der Waals surface area (Å²) < 4.78 is 25.4. The van der Waals surface area contributed by atoms with E-state index in [4.69, 9.17) is 11.6 Å². The monoisotopic (exact) mass is 384 g/mol. The Labute approximate surface area is 152 Å². The van der Waals surface area contributed by atoms with Crippen LogP contribution in [0.5, 0.6) is 0 Å². The lowest BCUT2D eigenvalue weighted by atomic mass is 10.1. The zero-order valence-corrected chi connectivity index (χ0v) is 15.6. The number of amides is 2. The lowest BCUT2D eigenvalue weighted by molar-refractivity contribution is -0.135. The molecular weight excluding hydrogens is 364 g/mol. The third-order valence-corrected chi connectivity index (χ3v) is 7.45. The fourth-order valence-corrected chi connectivity index (χ4v) is 5.69. The van der Waals surface area contributed by atoms with Crippen LogP contribution in [-0.2, 0) is 19.4 Å². The van der Waals surface area contributed by atoms with Gasteiger partial charge in [-0.15, -0.1) is 0 Å². The van der Waals surface area contributed by atoms with Crippen LogP contribution in [0.25, 0.3) is 0 Å². The van der Waals surface area contributed by atoms with Crippen molar-refractivity contribution in [1.29, 1.82) is 0 Å². The maximum atomic E-state index is 12.7. The highest BCUT2D eigenvalue weighted by Gasteiger charge is 2.38. The molecule has 2 saturated heterocycles. The van der Waals surface area contributed by atoms with Crippen molar-refractivity contribution in [2.24, 2.45) is 5.92 Å². The van der Waals surface area contributed by atoms with E-state index in [0.29, 0.717) is 30.1 Å². The minimum atomic E-state index is -3.40. The summed E-state index contributed by atoms with van der Waals surface area (Å²) in [6, 6.07) is 6.94. The van der Waals surface area contributed by atoms with Crippen LogP contribution in [0.1, 0.15) is 23.7 Å². The number of carbonyl (C=O) groups is 2. The molecule has 2 aliphatic rings. The van der Waals surface area contributed by atoms with Crippen molar-refractivity contribution in [1.82, 2.24) is 9.80 Å². The molecular formula is C17H21ClN2O4S. The molecule has 25 heavy (non-hydrogen) atoms. The van der Waals surface area contributed by atoms with Crippen LogP contribution in [0.2, 0.25) is 5.02 Å². The van der Waals surface area contributed by atoms with Gasteiger partial charge in [-0.1, -0.05) is 29.8 Å². The third kappa shape index (κ3) is 3.67. The van der Waals surface area contributed by atoms with Crippen LogP contribution < -0.4 is 0 Å². The molecule has 0 aliphatic carbocycles. The van der Waals surface area contributed by atoms with Crippen molar-refractivity contribution in [3.05, 3.63) is 34.9 Å². The van der Waals surface area contributed by atoms with Crippen molar-refractivity contribution in [2.45, 2.75) is 18.1 Å². The Morgan fingerprint density at radius 2 is 1.96 bits per heavy atom. The van der Waals surface area contributed by atoms with E-state index in [1.165, 1.54) is 0 Å². The molecule has 2 atom stereocenters. The van der Waals surface area contributed by atoms with Crippen LogP contribution in [0.15, 0.2) is 24.3 Å². The standard InChI is InChI=1S/C17H21ClN2O4S/c1-19-11-12(10-16(19)21)17(22)20-7-6-15(25(23,24)9-8-20)13-4-2-3-5-14(13)18/h2-5,12,15H,6-11H2,1H3/t12-,15+/m1/s1. The number of nitrogens with zero attached hydrogens (tertiary/aromatic N) is 2. The van der Waals surface area contributed by atoms with Crippen molar-refractivity contribution in [3.8, 4) is 0 Å². The highest BCUT2D eigenvalue weighted by Crippen LogP contribution is 2.34. The number of sulfone groups is 1. The van der Waals surface area contributed by atoms with Gasteiger partial charge in [-0.2, -0.15) is 0 Å². The lowest BCUT2D eigenvalue weighted by Gasteiger charge is -2.23. The Morgan fingerprint density at radius 3 is 2.60 bits per heavy atom. The summed E-state index contributed by atoms with van der Waals surface area (Å²) in [5.74, 6) is -0.648. The fourth-order valence-electron chi connectivity index (χ4n) is 3.54. The molecule has 0 bridgehead atoms. The van der Waals surface area contributed by atoms with Crippen molar-refractivity contribution in [2.75, 3.05) is 32.4 Å². The molecule has 0 unspecified atom stereocenters. The smallest absolute Gasteiger partial charge is 0.228 e. The summed E-state index contributed by atoms with van der Waals surface area (Å²) >= 11 is 6.18. The molecule has 1 aromatic carbocycles. The summed E-state index contributed by atoms with van der Waals surface area (Å²) in [5.41, 5.74) is 0.592. The first kappa shape index (κ1) is 18.2. The molecule has 1 aromatic rings. The maximum absolute atomic E-state index is 12.7. The van der Waals surface area contributed by atoms with E-state index in [9.17, 15) is 18.0 Å². The van der Waals surface area contributed by atoms with E-state index in [-0.39, 0.29) is 36.5 Å². The minimum Gasteiger partial charge on any atom is -0.345 e. The highest BCUT2D eigenvalue weighted by molar-refractivity contribution is 7.91. The Kier molecular flexibility index (Phi) is 5.06. The van der Waals surface area contributed by atoms with Gasteiger partial charge in [0.1, 0.15) is 0 Å². The van der Waals surface area contributed by atoms with Crippen LogP contribution in [0.4, 0.5) is 0 Å². The van der Waals surface area contributed by atoms with Crippen LogP contribution in [0.3, 0.4) is 0 Å². The first-order chi connectivity index (χ1) is 11.8. The van der Waals surface area contributed by atoms with Crippen LogP contribution in [0, 0.1) is 5.92 Å². The molecule has 0 radical (unpaired) electrons. The Bertz CT molecular complexity index is 796.